The summed E-state index contributed by atoms with van der Waals surface area (Å²) in [6.45, 7) is 2.64. The lowest BCUT2D eigenvalue weighted by Crippen LogP contribution is -2.36. The van der Waals surface area contributed by atoms with Crippen molar-refractivity contribution >= 4 is 0 Å². The van der Waals surface area contributed by atoms with Gasteiger partial charge in [0.25, 0.3) is 0 Å². The lowest BCUT2D eigenvalue weighted by Gasteiger charge is -2.09. The average Bonchev–Trinajstić information content (AvgIpc) is 1.68. The van der Waals surface area contributed by atoms with Crippen molar-refractivity contribution in [1.82, 2.24) is 5.17 Å². The van der Waals surface area contributed by atoms with Gasteiger partial charge in [0.15, 0.2) is 0 Å². The molecule has 0 rings (SSSR count). The molecule has 0 heterocycles. The Bertz CT molecular complexity index is 41.2. The maximum atomic E-state index is 5.07. The van der Waals surface area contributed by atoms with Crippen LogP contribution in [0.2, 0.25) is 0 Å². The van der Waals surface area contributed by atoms with Gasteiger partial charge in [-0.15, -0.1) is 5.17 Å². The van der Waals surface area contributed by atoms with Crippen LogP contribution in [0.4, 0.5) is 0 Å². The first-order chi connectivity index (χ1) is 3.31. The number of hydrogen-bond donors (Lipinski definition) is 2. The topological polar surface area (TPSA) is 64.5 Å². The summed E-state index contributed by atoms with van der Waals surface area (Å²) >= 11 is 0. The Labute approximate surface area is 42.9 Å². The first kappa shape index (κ1) is 6.84. The highest BCUT2D eigenvalue weighted by molar-refractivity contribution is 4.14. The van der Waals surface area contributed by atoms with Gasteiger partial charge in [-0.2, -0.15) is 0 Å². The highest BCUT2D eigenvalue weighted by Gasteiger charge is 1.86. The summed E-state index contributed by atoms with van der Waals surface area (Å²) in [5.74, 6) is 5.07. The summed E-state index contributed by atoms with van der Waals surface area (Å²) in [5, 5.41) is 1.08. The van der Waals surface area contributed by atoms with E-state index in [-0.39, 0.29) is 6.67 Å². The van der Waals surface area contributed by atoms with E-state index in [0.717, 1.165) is 5.17 Å². The van der Waals surface area contributed by atoms with Crippen molar-refractivity contribution in [2.75, 3.05) is 13.3 Å². The zero-order chi connectivity index (χ0) is 5.70. The number of rotatable bonds is 3. The number of hydroxylamine groups is 1. The first-order valence-electron chi connectivity index (χ1n) is 2.16. The normalized spacial score (nSPS) is 10.3. The molecule has 0 aliphatic carbocycles. The molecule has 0 saturated carbocycles. The fourth-order valence-corrected chi connectivity index (χ4v) is 0.219. The van der Waals surface area contributed by atoms with E-state index in [1.165, 1.54) is 0 Å². The Morgan fingerprint density at radius 3 is 2.43 bits per heavy atom. The Morgan fingerprint density at radius 2 is 2.29 bits per heavy atom. The Balaban J connectivity index is 2.83. The molecule has 7 heavy (non-hydrogen) atoms. The van der Waals surface area contributed by atoms with E-state index in [0.29, 0.717) is 6.61 Å². The third kappa shape index (κ3) is 3.68. The lowest BCUT2D eigenvalue weighted by molar-refractivity contribution is -0.155. The van der Waals surface area contributed by atoms with Crippen LogP contribution in [-0.4, -0.2) is 18.4 Å². The molecule has 0 aromatic rings. The summed E-state index contributed by atoms with van der Waals surface area (Å²) < 4.78 is 0. The van der Waals surface area contributed by atoms with Crippen LogP contribution in [0.1, 0.15) is 6.92 Å². The molecule has 0 saturated heterocycles. The van der Waals surface area contributed by atoms with Crippen molar-refractivity contribution < 1.29 is 4.84 Å². The van der Waals surface area contributed by atoms with E-state index >= 15 is 0 Å². The second kappa shape index (κ2) is 4.01. The van der Waals surface area contributed by atoms with Crippen molar-refractivity contribution in [2.24, 2.45) is 11.6 Å². The molecule has 0 radical (unpaired) electrons. The zero-order valence-corrected chi connectivity index (χ0v) is 4.42. The van der Waals surface area contributed by atoms with Crippen molar-refractivity contribution in [1.29, 1.82) is 0 Å². The van der Waals surface area contributed by atoms with Gasteiger partial charge in [-0.05, 0) is 6.92 Å². The predicted molar refractivity (Wildman–Crippen MR) is 26.7 cm³/mol. The van der Waals surface area contributed by atoms with Crippen LogP contribution in [0.25, 0.3) is 0 Å². The monoisotopic (exact) mass is 105 g/mol. The van der Waals surface area contributed by atoms with E-state index in [4.69, 9.17) is 11.6 Å². The zero-order valence-electron chi connectivity index (χ0n) is 4.42. The molecule has 0 aliphatic heterocycles. The SMILES string of the molecule is CCON(N)CN. The molecule has 4 heteroatoms. The smallest absolute Gasteiger partial charge is 0.0867 e. The van der Waals surface area contributed by atoms with Crippen molar-refractivity contribution in [2.45, 2.75) is 6.92 Å². The van der Waals surface area contributed by atoms with E-state index < -0.39 is 0 Å². The van der Waals surface area contributed by atoms with E-state index in [2.05, 4.69) is 4.84 Å². The van der Waals surface area contributed by atoms with Crippen LogP contribution in [0, 0.1) is 0 Å². The van der Waals surface area contributed by atoms with Crippen LogP contribution in [0.3, 0.4) is 0 Å². The molecule has 0 aromatic heterocycles. The van der Waals surface area contributed by atoms with Crippen LogP contribution in [0.15, 0.2) is 0 Å². The second-order valence-corrected chi connectivity index (χ2v) is 1.02. The highest BCUT2D eigenvalue weighted by atomic mass is 16.7. The quantitative estimate of drug-likeness (QED) is 0.275. The van der Waals surface area contributed by atoms with Gasteiger partial charge in [0, 0.05) is 0 Å². The standard InChI is InChI=1S/C3H11N3O/c1-2-7-6(5)3-4/h2-5H2,1H3. The fourth-order valence-electron chi connectivity index (χ4n) is 0.219. The number of nitrogens with zero attached hydrogens (tertiary/aromatic N) is 1. The van der Waals surface area contributed by atoms with E-state index in [1.807, 2.05) is 6.92 Å². The second-order valence-electron chi connectivity index (χ2n) is 1.02. The van der Waals surface area contributed by atoms with Gasteiger partial charge in [-0.25, -0.2) is 5.84 Å². The summed E-state index contributed by atoms with van der Waals surface area (Å²) in [6.07, 6.45) is 0. The van der Waals surface area contributed by atoms with Crippen molar-refractivity contribution in [3.63, 3.8) is 0 Å². The molecule has 0 bridgehead atoms. The highest BCUT2D eigenvalue weighted by Crippen LogP contribution is 1.71. The summed E-state index contributed by atoms with van der Waals surface area (Å²) in [5.41, 5.74) is 5.03. The van der Waals surface area contributed by atoms with Crippen LogP contribution in [-0.2, 0) is 4.84 Å². The molecule has 0 spiro atoms. The van der Waals surface area contributed by atoms with Gasteiger partial charge < -0.3 is 5.73 Å². The minimum absolute atomic E-state index is 0.230. The minimum atomic E-state index is 0.230. The molecule has 4 nitrogen and oxygen atoms in total. The largest absolute Gasteiger partial charge is 0.315 e. The van der Waals surface area contributed by atoms with Gasteiger partial charge in [0.1, 0.15) is 0 Å². The molecule has 0 amide bonds. The van der Waals surface area contributed by atoms with E-state index in [1.54, 1.807) is 0 Å². The van der Waals surface area contributed by atoms with E-state index in [9.17, 15) is 0 Å². The molecule has 0 atom stereocenters. The summed E-state index contributed by atoms with van der Waals surface area (Å²) in [4.78, 5) is 4.68. The Kier molecular flexibility index (Phi) is 3.92. The van der Waals surface area contributed by atoms with Crippen molar-refractivity contribution in [3.05, 3.63) is 0 Å². The summed E-state index contributed by atoms with van der Waals surface area (Å²) in [6, 6.07) is 0. The van der Waals surface area contributed by atoms with Gasteiger partial charge in [0.2, 0.25) is 0 Å². The summed E-state index contributed by atoms with van der Waals surface area (Å²) in [7, 11) is 0. The third-order valence-corrected chi connectivity index (χ3v) is 0.475. The average molecular weight is 105 g/mol. The molecule has 0 aromatic carbocycles. The molecular formula is C3H11N3O. The molecule has 0 unspecified atom stereocenters. The maximum Gasteiger partial charge on any atom is 0.0867 e. The number of nitrogens with two attached hydrogens (primary N) is 2. The molecule has 4 N–H and O–H groups in total. The Morgan fingerprint density at radius 1 is 1.71 bits per heavy atom. The van der Waals surface area contributed by atoms with Gasteiger partial charge in [-0.1, -0.05) is 0 Å². The van der Waals surface area contributed by atoms with Gasteiger partial charge in [-0.3, -0.25) is 4.84 Å². The van der Waals surface area contributed by atoms with Crippen molar-refractivity contribution in [3.8, 4) is 0 Å². The minimum Gasteiger partial charge on any atom is -0.315 e. The molecule has 0 aliphatic rings. The molecular weight excluding hydrogens is 94.1 g/mol. The molecule has 0 fully saturated rings. The van der Waals surface area contributed by atoms with Gasteiger partial charge >= 0.3 is 0 Å². The van der Waals surface area contributed by atoms with Crippen LogP contribution >= 0.6 is 0 Å². The Hall–Kier alpha value is -0.160. The van der Waals surface area contributed by atoms with Gasteiger partial charge in [0.05, 0.1) is 13.3 Å². The van der Waals surface area contributed by atoms with Crippen LogP contribution in [0.5, 0.6) is 0 Å². The first-order valence-corrected chi connectivity index (χ1v) is 2.16. The predicted octanol–water partition coefficient (Wildman–Crippen LogP) is -0.970. The maximum absolute atomic E-state index is 5.07. The number of hydrazine groups is 1. The van der Waals surface area contributed by atoms with Crippen LogP contribution < -0.4 is 11.6 Å². The third-order valence-electron chi connectivity index (χ3n) is 0.475. The number of hydrogen-bond acceptors (Lipinski definition) is 4. The molecule has 44 valence electrons. The lowest BCUT2D eigenvalue weighted by atomic mass is 10.9. The fraction of sp³-hybridized carbons (Fsp3) is 1.00.